The summed E-state index contributed by atoms with van der Waals surface area (Å²) < 4.78 is 5.55. The van der Waals surface area contributed by atoms with E-state index >= 15 is 0 Å². The van der Waals surface area contributed by atoms with Gasteiger partial charge in [-0.3, -0.25) is 0 Å². The molecule has 1 saturated heterocycles. The van der Waals surface area contributed by atoms with Gasteiger partial charge in [0.1, 0.15) is 0 Å². The second kappa shape index (κ2) is 4.53. The molecule has 1 atom stereocenters. The molecule has 0 aromatic heterocycles. The Balaban J connectivity index is 1.93. The van der Waals surface area contributed by atoms with E-state index in [1.165, 1.54) is 16.7 Å². The lowest BCUT2D eigenvalue weighted by molar-refractivity contribution is 0.0765. The van der Waals surface area contributed by atoms with E-state index in [2.05, 4.69) is 28.8 Å². The molecule has 0 radical (unpaired) electrons. The summed E-state index contributed by atoms with van der Waals surface area (Å²) in [5, 5.41) is 6.96. The van der Waals surface area contributed by atoms with Crippen LogP contribution >= 0.6 is 0 Å². The van der Waals surface area contributed by atoms with Crippen molar-refractivity contribution in [3.8, 4) is 0 Å². The van der Waals surface area contributed by atoms with Crippen molar-refractivity contribution in [3.63, 3.8) is 0 Å². The molecule has 0 aliphatic carbocycles. The van der Waals surface area contributed by atoms with E-state index in [-0.39, 0.29) is 0 Å². The van der Waals surface area contributed by atoms with Gasteiger partial charge >= 0.3 is 0 Å². The first-order chi connectivity index (χ1) is 7.95. The second-order valence-electron chi connectivity index (χ2n) is 4.49. The Morgan fingerprint density at radius 3 is 3.12 bits per heavy atom. The smallest absolute Gasteiger partial charge is 0.0662 e. The predicted octanol–water partition coefficient (Wildman–Crippen LogP) is 0.993. The standard InChI is InChI=1S/C13H18N2O/c1-2-10-8-14-5-4-11(10)12(3-1)13-9-16-7-6-15-13/h1-3,13-15H,4-9H2. The molecule has 1 aromatic carbocycles. The molecular weight excluding hydrogens is 200 g/mol. The fourth-order valence-corrected chi connectivity index (χ4v) is 2.65. The van der Waals surface area contributed by atoms with Crippen LogP contribution in [-0.4, -0.2) is 26.3 Å². The third kappa shape index (κ3) is 1.86. The Labute approximate surface area is 96.2 Å². The molecule has 0 bridgehead atoms. The Kier molecular flexibility index (Phi) is 2.91. The highest BCUT2D eigenvalue weighted by Gasteiger charge is 2.20. The number of rotatable bonds is 1. The van der Waals surface area contributed by atoms with Crippen LogP contribution in [0.25, 0.3) is 0 Å². The van der Waals surface area contributed by atoms with Crippen molar-refractivity contribution in [1.29, 1.82) is 0 Å². The van der Waals surface area contributed by atoms with Crippen molar-refractivity contribution >= 4 is 0 Å². The normalized spacial score (nSPS) is 25.1. The third-order valence-electron chi connectivity index (χ3n) is 3.47. The van der Waals surface area contributed by atoms with Crippen molar-refractivity contribution in [2.75, 3.05) is 26.3 Å². The molecule has 2 N–H and O–H groups in total. The van der Waals surface area contributed by atoms with Crippen LogP contribution in [0, 0.1) is 0 Å². The summed E-state index contributed by atoms with van der Waals surface area (Å²) in [4.78, 5) is 0. The van der Waals surface area contributed by atoms with Crippen molar-refractivity contribution in [2.45, 2.75) is 19.0 Å². The molecule has 86 valence electrons. The van der Waals surface area contributed by atoms with Gasteiger partial charge in [0.15, 0.2) is 0 Å². The topological polar surface area (TPSA) is 33.3 Å². The fourth-order valence-electron chi connectivity index (χ4n) is 2.65. The van der Waals surface area contributed by atoms with Gasteiger partial charge in [-0.1, -0.05) is 18.2 Å². The maximum Gasteiger partial charge on any atom is 0.0662 e. The molecule has 2 heterocycles. The first kappa shape index (κ1) is 10.3. The number of hydrogen-bond donors (Lipinski definition) is 2. The van der Waals surface area contributed by atoms with Gasteiger partial charge in [-0.15, -0.1) is 0 Å². The Bertz CT molecular complexity index is 372. The zero-order chi connectivity index (χ0) is 10.8. The first-order valence-corrected chi connectivity index (χ1v) is 6.07. The number of nitrogens with one attached hydrogen (secondary N) is 2. The largest absolute Gasteiger partial charge is 0.378 e. The van der Waals surface area contributed by atoms with E-state index in [0.29, 0.717) is 6.04 Å². The fraction of sp³-hybridized carbons (Fsp3) is 0.538. The van der Waals surface area contributed by atoms with Gasteiger partial charge in [0, 0.05) is 13.1 Å². The monoisotopic (exact) mass is 218 g/mol. The van der Waals surface area contributed by atoms with Crippen LogP contribution < -0.4 is 10.6 Å². The number of hydrogen-bond acceptors (Lipinski definition) is 3. The van der Waals surface area contributed by atoms with Gasteiger partial charge < -0.3 is 15.4 Å². The van der Waals surface area contributed by atoms with Crippen LogP contribution in [0.2, 0.25) is 0 Å². The lowest BCUT2D eigenvalue weighted by Gasteiger charge is -2.29. The van der Waals surface area contributed by atoms with Crippen molar-refractivity contribution < 1.29 is 4.74 Å². The van der Waals surface area contributed by atoms with E-state index in [9.17, 15) is 0 Å². The van der Waals surface area contributed by atoms with Gasteiger partial charge in [0.25, 0.3) is 0 Å². The highest BCUT2D eigenvalue weighted by Crippen LogP contribution is 2.25. The van der Waals surface area contributed by atoms with Crippen LogP contribution in [-0.2, 0) is 17.7 Å². The molecule has 16 heavy (non-hydrogen) atoms. The summed E-state index contributed by atoms with van der Waals surface area (Å²) in [5.41, 5.74) is 4.43. The molecule has 1 unspecified atom stereocenters. The van der Waals surface area contributed by atoms with E-state index in [4.69, 9.17) is 4.74 Å². The molecule has 0 spiro atoms. The van der Waals surface area contributed by atoms with Gasteiger partial charge in [0.2, 0.25) is 0 Å². The van der Waals surface area contributed by atoms with Gasteiger partial charge in [-0.2, -0.15) is 0 Å². The lowest BCUT2D eigenvalue weighted by Crippen LogP contribution is -2.36. The summed E-state index contributed by atoms with van der Waals surface area (Å²) >= 11 is 0. The summed E-state index contributed by atoms with van der Waals surface area (Å²) in [5.74, 6) is 0. The molecule has 3 nitrogen and oxygen atoms in total. The molecule has 2 aliphatic rings. The Morgan fingerprint density at radius 1 is 1.25 bits per heavy atom. The third-order valence-corrected chi connectivity index (χ3v) is 3.47. The minimum absolute atomic E-state index is 0.391. The molecule has 1 aromatic rings. The summed E-state index contributed by atoms with van der Waals surface area (Å²) in [6.45, 7) is 4.72. The Morgan fingerprint density at radius 2 is 2.25 bits per heavy atom. The average Bonchev–Trinajstić information content (AvgIpc) is 2.39. The number of benzene rings is 1. The van der Waals surface area contributed by atoms with Crippen molar-refractivity contribution in [2.24, 2.45) is 0 Å². The van der Waals surface area contributed by atoms with Crippen LogP contribution in [0.15, 0.2) is 18.2 Å². The van der Waals surface area contributed by atoms with E-state index in [1.54, 1.807) is 0 Å². The van der Waals surface area contributed by atoms with Gasteiger partial charge in [-0.25, -0.2) is 0 Å². The van der Waals surface area contributed by atoms with Crippen LogP contribution in [0.4, 0.5) is 0 Å². The number of morpholine rings is 1. The summed E-state index contributed by atoms with van der Waals surface area (Å²) in [6.07, 6.45) is 1.14. The van der Waals surface area contributed by atoms with E-state index in [1.807, 2.05) is 0 Å². The highest BCUT2D eigenvalue weighted by atomic mass is 16.5. The highest BCUT2D eigenvalue weighted by molar-refractivity contribution is 5.39. The second-order valence-corrected chi connectivity index (χ2v) is 4.49. The molecule has 2 aliphatic heterocycles. The molecule has 0 amide bonds. The maximum atomic E-state index is 5.55. The minimum Gasteiger partial charge on any atom is -0.378 e. The van der Waals surface area contributed by atoms with E-state index < -0.39 is 0 Å². The molecule has 3 heteroatoms. The summed E-state index contributed by atoms with van der Waals surface area (Å²) in [7, 11) is 0. The zero-order valence-electron chi connectivity index (χ0n) is 9.46. The van der Waals surface area contributed by atoms with E-state index in [0.717, 1.165) is 39.3 Å². The number of ether oxygens (including phenoxy) is 1. The minimum atomic E-state index is 0.391. The quantitative estimate of drug-likeness (QED) is 0.737. The van der Waals surface area contributed by atoms with Crippen LogP contribution in [0.5, 0.6) is 0 Å². The molecule has 3 rings (SSSR count). The molecule has 1 fully saturated rings. The Hall–Kier alpha value is -0.900. The molecular formula is C13H18N2O. The van der Waals surface area contributed by atoms with Crippen LogP contribution in [0.3, 0.4) is 0 Å². The zero-order valence-corrected chi connectivity index (χ0v) is 9.46. The average molecular weight is 218 g/mol. The number of fused-ring (bicyclic) bond motifs is 1. The van der Waals surface area contributed by atoms with Gasteiger partial charge in [-0.05, 0) is 29.7 Å². The van der Waals surface area contributed by atoms with Crippen molar-refractivity contribution in [3.05, 3.63) is 34.9 Å². The predicted molar refractivity (Wildman–Crippen MR) is 63.4 cm³/mol. The summed E-state index contributed by atoms with van der Waals surface area (Å²) in [6, 6.07) is 7.03. The maximum absolute atomic E-state index is 5.55. The molecule has 0 saturated carbocycles. The van der Waals surface area contributed by atoms with Crippen LogP contribution in [0.1, 0.15) is 22.7 Å². The van der Waals surface area contributed by atoms with Gasteiger partial charge in [0.05, 0.1) is 19.3 Å². The first-order valence-electron chi connectivity index (χ1n) is 6.07. The van der Waals surface area contributed by atoms with Crippen molar-refractivity contribution in [1.82, 2.24) is 10.6 Å². The SMILES string of the molecule is c1cc2c(c(C3COCCN3)c1)CCNC2. The lowest BCUT2D eigenvalue weighted by atomic mass is 9.91.